The Morgan fingerprint density at radius 2 is 1.74 bits per heavy atom. The highest BCUT2D eigenvalue weighted by molar-refractivity contribution is 9.10. The first-order chi connectivity index (χ1) is 18.3. The third kappa shape index (κ3) is 6.46. The minimum absolute atomic E-state index is 0.0329. The lowest BCUT2D eigenvalue weighted by atomic mass is 9.82. The molecule has 3 aromatic rings. The van der Waals surface area contributed by atoms with Crippen molar-refractivity contribution < 1.29 is 19.4 Å². The number of nitrogens with zero attached hydrogens (tertiary/aromatic N) is 1. The van der Waals surface area contributed by atoms with Crippen LogP contribution in [0.3, 0.4) is 0 Å². The van der Waals surface area contributed by atoms with Crippen molar-refractivity contribution in [1.29, 1.82) is 0 Å². The first-order valence-corrected chi connectivity index (χ1v) is 14.1. The average Bonchev–Trinajstić information content (AvgIpc) is 3.29. The minimum Gasteiger partial charge on any atom is -0.494 e. The summed E-state index contributed by atoms with van der Waals surface area (Å²) in [7, 11) is 0. The number of aliphatic imine (C=N–C) groups is 1. The Labute approximate surface area is 239 Å². The van der Waals surface area contributed by atoms with E-state index >= 15 is 0 Å². The summed E-state index contributed by atoms with van der Waals surface area (Å²) < 4.78 is 13.9. The molecule has 2 atom stereocenters. The summed E-state index contributed by atoms with van der Waals surface area (Å²) in [6.07, 6.45) is 0.162. The number of ether oxygens (including phenoxy) is 2. The van der Waals surface area contributed by atoms with Crippen molar-refractivity contribution in [2.24, 2.45) is 4.99 Å². The van der Waals surface area contributed by atoms with Gasteiger partial charge in [-0.25, -0.2) is 10.4 Å². The van der Waals surface area contributed by atoms with Crippen molar-refractivity contribution in [1.82, 2.24) is 10.9 Å². The number of carbonyl (C=O) groups is 1. The second kappa shape index (κ2) is 12.9. The van der Waals surface area contributed by atoms with Gasteiger partial charge in [0.2, 0.25) is 5.90 Å². The molecule has 0 saturated heterocycles. The second-order valence-electron chi connectivity index (χ2n) is 9.33. The van der Waals surface area contributed by atoms with E-state index in [0.29, 0.717) is 31.1 Å². The number of aliphatic hydroxyl groups is 1. The van der Waals surface area contributed by atoms with Gasteiger partial charge in [-0.2, -0.15) is 0 Å². The summed E-state index contributed by atoms with van der Waals surface area (Å²) >= 11 is 7.31. The number of carbonyl (C=O) groups excluding carboxylic acids is 1. The zero-order chi connectivity index (χ0) is 27.1. The van der Waals surface area contributed by atoms with Crippen LogP contribution in [0.25, 0.3) is 0 Å². The second-order valence-corrected chi connectivity index (χ2v) is 11.0. The number of amides is 1. The maximum Gasteiger partial charge on any atom is 0.266 e. The highest BCUT2D eigenvalue weighted by atomic mass is 79.9. The Kier molecular flexibility index (Phi) is 9.59. The monoisotopic (exact) mass is 643 g/mol. The van der Waals surface area contributed by atoms with Crippen LogP contribution in [0.1, 0.15) is 43.1 Å². The topological polar surface area (TPSA) is 92.2 Å². The van der Waals surface area contributed by atoms with E-state index < -0.39 is 11.6 Å². The molecule has 3 N–H and O–H groups in total. The quantitative estimate of drug-likeness (QED) is 0.189. The van der Waals surface area contributed by atoms with Gasteiger partial charge in [0, 0.05) is 45.6 Å². The Morgan fingerprint density at radius 3 is 2.39 bits per heavy atom. The molecule has 0 fully saturated rings. The maximum atomic E-state index is 14.0. The molecule has 38 heavy (non-hydrogen) atoms. The van der Waals surface area contributed by atoms with Crippen molar-refractivity contribution in [3.63, 3.8) is 0 Å². The molecule has 4 rings (SSSR count). The van der Waals surface area contributed by atoms with Crippen LogP contribution < -0.4 is 15.6 Å². The largest absolute Gasteiger partial charge is 0.494 e. The molecule has 1 amide bonds. The Bertz CT molecular complexity index is 1280. The molecule has 0 bridgehead atoms. The Morgan fingerprint density at radius 1 is 1.05 bits per heavy atom. The van der Waals surface area contributed by atoms with Crippen LogP contribution in [0, 0.1) is 0 Å². The van der Waals surface area contributed by atoms with Crippen LogP contribution in [-0.4, -0.2) is 41.7 Å². The van der Waals surface area contributed by atoms with Crippen molar-refractivity contribution in [3.8, 4) is 5.75 Å². The molecular formula is C29H31Br2N3O4. The summed E-state index contributed by atoms with van der Waals surface area (Å²) in [6, 6.07) is 23.0. The number of hydrogen-bond acceptors (Lipinski definition) is 6. The van der Waals surface area contributed by atoms with Crippen LogP contribution in [0.4, 0.5) is 0 Å². The molecule has 7 nitrogen and oxygen atoms in total. The van der Waals surface area contributed by atoms with Crippen LogP contribution in [0.5, 0.6) is 5.75 Å². The maximum absolute atomic E-state index is 14.0. The smallest absolute Gasteiger partial charge is 0.266 e. The molecule has 1 heterocycles. The number of hydrogen-bond donors (Lipinski definition) is 3. The first-order valence-electron chi connectivity index (χ1n) is 12.5. The normalized spacial score (nSPS) is 18.7. The zero-order valence-electron chi connectivity index (χ0n) is 21.3. The van der Waals surface area contributed by atoms with Crippen molar-refractivity contribution >= 4 is 43.7 Å². The molecule has 0 aromatic heterocycles. The molecule has 3 aromatic carbocycles. The van der Waals surface area contributed by atoms with Crippen LogP contribution in [0.15, 0.2) is 86.7 Å². The molecule has 0 unspecified atom stereocenters. The average molecular weight is 645 g/mol. The molecule has 0 spiro atoms. The number of aliphatic hydroxyl groups excluding tert-OH is 1. The van der Waals surface area contributed by atoms with E-state index in [-0.39, 0.29) is 18.6 Å². The van der Waals surface area contributed by atoms with E-state index in [2.05, 4.69) is 42.7 Å². The number of nitrogens with one attached hydrogen (secondary N) is 2. The SMILES string of the molecule is CC(C)NNC(=O)[C@@]1(Cc2ccccc2Br)N=C(c2ccc(OCCCO)cc2)O[C@H]1c1ccccc1Br. The number of benzene rings is 3. The van der Waals surface area contributed by atoms with Gasteiger partial charge in [-0.15, -0.1) is 0 Å². The van der Waals surface area contributed by atoms with E-state index in [1.54, 1.807) is 0 Å². The van der Waals surface area contributed by atoms with Gasteiger partial charge in [-0.1, -0.05) is 68.3 Å². The first kappa shape index (κ1) is 28.3. The molecule has 9 heteroatoms. The van der Waals surface area contributed by atoms with E-state index in [0.717, 1.165) is 25.6 Å². The lowest BCUT2D eigenvalue weighted by Crippen LogP contribution is -2.55. The van der Waals surface area contributed by atoms with Gasteiger partial charge in [0.1, 0.15) is 5.75 Å². The van der Waals surface area contributed by atoms with Crippen LogP contribution in [-0.2, 0) is 16.0 Å². The van der Waals surface area contributed by atoms with Gasteiger partial charge < -0.3 is 14.6 Å². The fourth-order valence-electron chi connectivity index (χ4n) is 4.20. The molecular weight excluding hydrogens is 614 g/mol. The lowest BCUT2D eigenvalue weighted by Gasteiger charge is -2.32. The molecule has 0 saturated carbocycles. The third-order valence-corrected chi connectivity index (χ3v) is 7.61. The van der Waals surface area contributed by atoms with E-state index in [1.165, 1.54) is 0 Å². The van der Waals surface area contributed by atoms with E-state index in [1.807, 2.05) is 86.6 Å². The lowest BCUT2D eigenvalue weighted by molar-refractivity contribution is -0.130. The van der Waals surface area contributed by atoms with Crippen molar-refractivity contribution in [2.45, 2.75) is 44.4 Å². The fourth-order valence-corrected chi connectivity index (χ4v) is 5.11. The zero-order valence-corrected chi connectivity index (χ0v) is 24.5. The highest BCUT2D eigenvalue weighted by Gasteiger charge is 2.54. The highest BCUT2D eigenvalue weighted by Crippen LogP contribution is 2.45. The Balaban J connectivity index is 1.80. The summed E-state index contributed by atoms with van der Waals surface area (Å²) in [5.74, 6) is 0.766. The van der Waals surface area contributed by atoms with E-state index in [9.17, 15) is 4.79 Å². The Hall–Kier alpha value is -2.72. The van der Waals surface area contributed by atoms with Crippen molar-refractivity contribution in [2.75, 3.05) is 13.2 Å². The van der Waals surface area contributed by atoms with Crippen molar-refractivity contribution in [3.05, 3.63) is 98.4 Å². The molecule has 200 valence electrons. The predicted molar refractivity (Wildman–Crippen MR) is 155 cm³/mol. The van der Waals surface area contributed by atoms with Crippen LogP contribution in [0.2, 0.25) is 0 Å². The molecule has 0 radical (unpaired) electrons. The van der Waals surface area contributed by atoms with E-state index in [4.69, 9.17) is 19.6 Å². The minimum atomic E-state index is -1.30. The molecule has 1 aliphatic heterocycles. The van der Waals surface area contributed by atoms with Crippen LogP contribution >= 0.6 is 31.9 Å². The molecule has 0 aliphatic carbocycles. The van der Waals surface area contributed by atoms with Gasteiger partial charge in [0.25, 0.3) is 5.91 Å². The van der Waals surface area contributed by atoms with Gasteiger partial charge in [0.15, 0.2) is 11.6 Å². The summed E-state index contributed by atoms with van der Waals surface area (Å²) in [5, 5.41) is 9.00. The van der Waals surface area contributed by atoms with Gasteiger partial charge in [0.05, 0.1) is 6.61 Å². The van der Waals surface area contributed by atoms with Gasteiger partial charge in [-0.3, -0.25) is 10.2 Å². The number of rotatable bonds is 11. The summed E-state index contributed by atoms with van der Waals surface area (Å²) in [6.45, 7) is 4.41. The predicted octanol–water partition coefficient (Wildman–Crippen LogP) is 5.50. The summed E-state index contributed by atoms with van der Waals surface area (Å²) in [5.41, 5.74) is 7.11. The fraction of sp³-hybridized carbons (Fsp3) is 0.310. The van der Waals surface area contributed by atoms with Gasteiger partial charge >= 0.3 is 0 Å². The number of hydrazine groups is 1. The standard InChI is InChI=1S/C29H31Br2N3O4/c1-19(2)33-34-28(36)29(18-21-8-3-5-10-24(21)30)26(23-9-4-6-11-25(23)31)38-27(32-29)20-12-14-22(15-13-20)37-17-7-16-35/h3-6,8-15,19,26,33,35H,7,16-18H2,1-2H3,(H,34,36)/t26-,29-/m0/s1. The van der Waals surface area contributed by atoms with Gasteiger partial charge in [-0.05, 0) is 55.8 Å². The summed E-state index contributed by atoms with van der Waals surface area (Å²) in [4.78, 5) is 19.1. The molecule has 1 aliphatic rings. The number of halogens is 2. The third-order valence-electron chi connectivity index (χ3n) is 6.11.